The van der Waals surface area contributed by atoms with Crippen LogP contribution in [-0.2, 0) is 6.54 Å². The molecule has 0 amide bonds. The van der Waals surface area contributed by atoms with E-state index in [2.05, 4.69) is 21.3 Å². The maximum Gasteiger partial charge on any atom is 0.200 e. The molecule has 0 unspecified atom stereocenters. The molecule has 3 rings (SSSR count). The van der Waals surface area contributed by atoms with Gasteiger partial charge in [-0.25, -0.2) is 0 Å². The summed E-state index contributed by atoms with van der Waals surface area (Å²) in [7, 11) is 0. The van der Waals surface area contributed by atoms with Crippen molar-refractivity contribution in [2.45, 2.75) is 6.54 Å². The second-order valence-corrected chi connectivity index (χ2v) is 7.57. The first kappa shape index (κ1) is 24.6. The molecule has 0 atom stereocenters. The van der Waals surface area contributed by atoms with Gasteiger partial charge in [-0.3, -0.25) is 9.59 Å². The number of nitrogens with one attached hydrogen (secondary N) is 4. The highest BCUT2D eigenvalue weighted by Gasteiger charge is 2.37. The summed E-state index contributed by atoms with van der Waals surface area (Å²) in [5.41, 5.74) is 7.87. The average molecular weight is 458 g/mol. The standard InChI is InChI=1S/C23H31N5O5/c24-13-14-1-4-17(31)21-18(14)22(32)19-15(27-7-5-25-9-11-29)2-3-16(20(19)23(21)33)28-8-6-26-10-12-30/h1-4,25-31H,5-13,24H2. The minimum atomic E-state index is -0.444. The summed E-state index contributed by atoms with van der Waals surface area (Å²) < 4.78 is 0. The van der Waals surface area contributed by atoms with E-state index in [9.17, 15) is 14.7 Å². The Bertz CT molecular complexity index is 1010. The molecule has 0 heterocycles. The zero-order valence-electron chi connectivity index (χ0n) is 18.4. The number of nitrogens with two attached hydrogens (primary N) is 1. The van der Waals surface area contributed by atoms with E-state index in [0.29, 0.717) is 56.2 Å². The molecular formula is C23H31N5O5. The van der Waals surface area contributed by atoms with Crippen LogP contribution in [0.15, 0.2) is 24.3 Å². The summed E-state index contributed by atoms with van der Waals surface area (Å²) in [5.74, 6) is -1.07. The van der Waals surface area contributed by atoms with Gasteiger partial charge >= 0.3 is 0 Å². The van der Waals surface area contributed by atoms with Crippen molar-refractivity contribution in [2.75, 3.05) is 63.1 Å². The number of carbonyl (C=O) groups excluding carboxylic acids is 2. The first-order chi connectivity index (χ1) is 16.0. The minimum Gasteiger partial charge on any atom is -0.507 e. The van der Waals surface area contributed by atoms with E-state index >= 15 is 0 Å². The molecule has 0 spiro atoms. The highest BCUT2D eigenvalue weighted by Crippen LogP contribution is 2.40. The van der Waals surface area contributed by atoms with Gasteiger partial charge in [0.05, 0.1) is 29.9 Å². The van der Waals surface area contributed by atoms with E-state index in [1.165, 1.54) is 6.07 Å². The molecule has 0 bridgehead atoms. The van der Waals surface area contributed by atoms with Crippen molar-refractivity contribution < 1.29 is 24.9 Å². The van der Waals surface area contributed by atoms with Crippen LogP contribution in [0.4, 0.5) is 11.4 Å². The topological polar surface area (TPSA) is 169 Å². The van der Waals surface area contributed by atoms with Crippen LogP contribution >= 0.6 is 0 Å². The number of hydrogen-bond acceptors (Lipinski definition) is 10. The van der Waals surface area contributed by atoms with Crippen LogP contribution in [0.2, 0.25) is 0 Å². The maximum absolute atomic E-state index is 13.6. The van der Waals surface area contributed by atoms with Gasteiger partial charge in [-0.05, 0) is 23.8 Å². The summed E-state index contributed by atoms with van der Waals surface area (Å²) in [6.07, 6.45) is 0. The SMILES string of the molecule is NCc1ccc(O)c2c1C(=O)c1c(NCCNCCO)ccc(NCCNCCO)c1C2=O. The summed E-state index contributed by atoms with van der Waals surface area (Å²) >= 11 is 0. The quantitative estimate of drug-likeness (QED) is 0.158. The van der Waals surface area contributed by atoms with Gasteiger partial charge in [0.25, 0.3) is 0 Å². The smallest absolute Gasteiger partial charge is 0.200 e. The van der Waals surface area contributed by atoms with E-state index in [1.807, 2.05) is 0 Å². The molecule has 178 valence electrons. The zero-order chi connectivity index (χ0) is 23.8. The van der Waals surface area contributed by atoms with Gasteiger partial charge in [-0.1, -0.05) is 6.07 Å². The van der Waals surface area contributed by atoms with Crippen molar-refractivity contribution in [1.29, 1.82) is 0 Å². The molecule has 2 aromatic rings. The Kier molecular flexibility index (Phi) is 8.75. The third-order valence-corrected chi connectivity index (χ3v) is 5.41. The van der Waals surface area contributed by atoms with Gasteiger partial charge in [-0.15, -0.1) is 0 Å². The largest absolute Gasteiger partial charge is 0.507 e. The molecule has 9 N–H and O–H groups in total. The fourth-order valence-electron chi connectivity index (χ4n) is 3.89. The van der Waals surface area contributed by atoms with Gasteiger partial charge in [0.15, 0.2) is 11.6 Å². The number of ketones is 2. The van der Waals surface area contributed by atoms with Crippen molar-refractivity contribution in [3.05, 3.63) is 52.1 Å². The lowest BCUT2D eigenvalue weighted by Crippen LogP contribution is -2.29. The lowest BCUT2D eigenvalue weighted by atomic mass is 9.79. The molecular weight excluding hydrogens is 426 g/mol. The molecule has 2 aromatic carbocycles. The average Bonchev–Trinajstić information content (AvgIpc) is 2.82. The summed E-state index contributed by atoms with van der Waals surface area (Å²) in [4.78, 5) is 27.2. The first-order valence-electron chi connectivity index (χ1n) is 11.0. The normalized spacial score (nSPS) is 12.5. The molecule has 1 aliphatic rings. The highest BCUT2D eigenvalue weighted by atomic mass is 16.3. The predicted molar refractivity (Wildman–Crippen MR) is 126 cm³/mol. The van der Waals surface area contributed by atoms with Crippen LogP contribution in [0.3, 0.4) is 0 Å². The second kappa shape index (κ2) is 11.7. The van der Waals surface area contributed by atoms with Crippen molar-refractivity contribution in [1.82, 2.24) is 10.6 Å². The van der Waals surface area contributed by atoms with Crippen LogP contribution in [-0.4, -0.2) is 79.4 Å². The van der Waals surface area contributed by atoms with Crippen molar-refractivity contribution >= 4 is 22.9 Å². The van der Waals surface area contributed by atoms with Crippen molar-refractivity contribution in [3.8, 4) is 5.75 Å². The number of phenolic OH excluding ortho intramolecular Hbond substituents is 1. The van der Waals surface area contributed by atoms with Crippen molar-refractivity contribution in [3.63, 3.8) is 0 Å². The molecule has 33 heavy (non-hydrogen) atoms. The molecule has 0 aliphatic heterocycles. The summed E-state index contributed by atoms with van der Waals surface area (Å²) in [5, 5.41) is 40.7. The van der Waals surface area contributed by atoms with E-state index < -0.39 is 5.78 Å². The first-order valence-corrected chi connectivity index (χ1v) is 11.0. The fourth-order valence-corrected chi connectivity index (χ4v) is 3.89. The molecule has 0 radical (unpaired) electrons. The lowest BCUT2D eigenvalue weighted by molar-refractivity contribution is 0.0977. The number of hydrogen-bond donors (Lipinski definition) is 8. The third kappa shape index (κ3) is 5.32. The Morgan fingerprint density at radius 3 is 1.67 bits per heavy atom. The van der Waals surface area contributed by atoms with Gasteiger partial charge in [0.1, 0.15) is 5.75 Å². The van der Waals surface area contributed by atoms with E-state index in [1.54, 1.807) is 18.2 Å². The van der Waals surface area contributed by atoms with Crippen LogP contribution in [0, 0.1) is 0 Å². The molecule has 0 fully saturated rings. The Morgan fingerprint density at radius 1 is 0.667 bits per heavy atom. The van der Waals surface area contributed by atoms with Gasteiger partial charge in [0.2, 0.25) is 0 Å². The number of fused-ring (bicyclic) bond motifs is 2. The maximum atomic E-state index is 13.6. The molecule has 1 aliphatic carbocycles. The molecule has 0 saturated heterocycles. The Labute approximate surface area is 192 Å². The Balaban J connectivity index is 2.00. The number of aromatic hydroxyl groups is 1. The molecule has 0 aromatic heterocycles. The zero-order valence-corrected chi connectivity index (χ0v) is 18.4. The van der Waals surface area contributed by atoms with Crippen LogP contribution in [0.25, 0.3) is 0 Å². The number of rotatable bonds is 13. The molecule has 10 nitrogen and oxygen atoms in total. The summed E-state index contributed by atoms with van der Waals surface area (Å²) in [6.45, 7) is 3.06. The Morgan fingerprint density at radius 2 is 1.18 bits per heavy atom. The lowest BCUT2D eigenvalue weighted by Gasteiger charge is -2.26. The van der Waals surface area contributed by atoms with Crippen LogP contribution < -0.4 is 27.0 Å². The number of benzene rings is 2. The minimum absolute atomic E-state index is 0.0233. The van der Waals surface area contributed by atoms with E-state index in [0.717, 1.165) is 0 Å². The number of aliphatic hydroxyl groups excluding tert-OH is 2. The van der Waals surface area contributed by atoms with Crippen LogP contribution in [0.5, 0.6) is 5.75 Å². The number of phenols is 1. The fraction of sp³-hybridized carbons (Fsp3) is 0.391. The molecule has 0 saturated carbocycles. The number of aliphatic hydroxyl groups is 2. The van der Waals surface area contributed by atoms with E-state index in [4.69, 9.17) is 15.9 Å². The van der Waals surface area contributed by atoms with Gasteiger partial charge in [-0.2, -0.15) is 0 Å². The predicted octanol–water partition coefficient (Wildman–Crippen LogP) is -0.386. The number of anilines is 2. The van der Waals surface area contributed by atoms with E-state index in [-0.39, 0.29) is 53.5 Å². The molecule has 10 heteroatoms. The monoisotopic (exact) mass is 457 g/mol. The highest BCUT2D eigenvalue weighted by molar-refractivity contribution is 6.33. The summed E-state index contributed by atoms with van der Waals surface area (Å²) in [6, 6.07) is 6.42. The van der Waals surface area contributed by atoms with Gasteiger partial charge < -0.3 is 42.3 Å². The third-order valence-electron chi connectivity index (χ3n) is 5.41. The van der Waals surface area contributed by atoms with Gasteiger partial charge in [0, 0.05) is 62.8 Å². The van der Waals surface area contributed by atoms with Crippen molar-refractivity contribution in [2.24, 2.45) is 5.73 Å². The van der Waals surface area contributed by atoms with Crippen LogP contribution in [0.1, 0.15) is 37.4 Å². The number of carbonyl (C=O) groups is 2. The second-order valence-electron chi connectivity index (χ2n) is 7.57. The Hall–Kier alpha value is -3.02.